The Hall–Kier alpha value is -0.500. The van der Waals surface area contributed by atoms with Crippen molar-refractivity contribution in [1.82, 2.24) is 0 Å². The van der Waals surface area contributed by atoms with Gasteiger partial charge in [0.05, 0.1) is 12.2 Å². The molecule has 0 bridgehead atoms. The lowest BCUT2D eigenvalue weighted by Crippen LogP contribution is -2.10. The van der Waals surface area contributed by atoms with E-state index in [-0.39, 0.29) is 12.4 Å². The molecule has 0 heterocycles. The third-order valence-corrected chi connectivity index (χ3v) is 2.67. The van der Waals surface area contributed by atoms with E-state index in [2.05, 4.69) is 0 Å². The summed E-state index contributed by atoms with van der Waals surface area (Å²) in [6, 6.07) is 3.83. The molecule has 0 aliphatic heterocycles. The molecule has 0 N–H and O–H groups in total. The number of benzene rings is 1. The first-order valence-corrected chi connectivity index (χ1v) is 6.01. The molecule has 0 atom stereocenters. The summed E-state index contributed by atoms with van der Waals surface area (Å²) in [4.78, 5) is 0. The largest absolute Gasteiger partial charge is 0.493 e. The van der Waals surface area contributed by atoms with Crippen LogP contribution >= 0.6 is 22.6 Å². The first-order valence-electron chi connectivity index (χ1n) is 4.93. The monoisotopic (exact) mass is 360 g/mol. The van der Waals surface area contributed by atoms with E-state index < -0.39 is 11.7 Å². The van der Waals surface area contributed by atoms with Gasteiger partial charge in [-0.3, -0.25) is 0 Å². The van der Waals surface area contributed by atoms with Gasteiger partial charge in [0.15, 0.2) is 0 Å². The highest BCUT2D eigenvalue weighted by atomic mass is 127. The predicted molar refractivity (Wildman–Crippen MR) is 66.1 cm³/mol. The van der Waals surface area contributed by atoms with Gasteiger partial charge in [-0.2, -0.15) is 13.2 Å². The van der Waals surface area contributed by atoms with Crippen molar-refractivity contribution in [3.63, 3.8) is 0 Å². The second-order valence-corrected chi connectivity index (χ2v) is 4.58. The Kier molecular flexibility index (Phi) is 5.51. The van der Waals surface area contributed by atoms with Gasteiger partial charge in [0.25, 0.3) is 0 Å². The van der Waals surface area contributed by atoms with Crippen molar-refractivity contribution >= 4 is 22.6 Å². The Morgan fingerprint density at radius 3 is 2.53 bits per heavy atom. The number of ether oxygens (including phenoxy) is 2. The van der Waals surface area contributed by atoms with Crippen LogP contribution in [0.3, 0.4) is 0 Å². The summed E-state index contributed by atoms with van der Waals surface area (Å²) in [5.41, 5.74) is -0.740. The molecular formula is C11H12F3IO2. The number of hydrogen-bond acceptors (Lipinski definition) is 2. The zero-order valence-electron chi connectivity index (χ0n) is 9.18. The molecular weight excluding hydrogens is 348 g/mol. The molecule has 1 rings (SSSR count). The van der Waals surface area contributed by atoms with E-state index in [1.165, 1.54) is 19.2 Å². The molecule has 0 unspecified atom stereocenters. The number of methoxy groups -OCH3 is 1. The number of hydrogen-bond donors (Lipinski definition) is 0. The topological polar surface area (TPSA) is 18.5 Å². The highest BCUT2D eigenvalue weighted by molar-refractivity contribution is 14.1. The van der Waals surface area contributed by atoms with Crippen LogP contribution in [-0.4, -0.2) is 20.3 Å². The molecule has 2 nitrogen and oxygen atoms in total. The standard InChI is InChI=1S/C11H12F3IO2/c1-16-5-2-6-17-10-7-8(15)3-4-9(10)11(12,13)14/h3-4,7H,2,5-6H2,1H3. The van der Waals surface area contributed by atoms with E-state index >= 15 is 0 Å². The van der Waals surface area contributed by atoms with Crippen molar-refractivity contribution in [3.8, 4) is 5.75 Å². The van der Waals surface area contributed by atoms with E-state index in [1.807, 2.05) is 22.6 Å². The molecule has 1 aromatic carbocycles. The molecule has 1 aromatic rings. The van der Waals surface area contributed by atoms with Crippen molar-refractivity contribution in [2.45, 2.75) is 12.6 Å². The summed E-state index contributed by atoms with van der Waals surface area (Å²) in [5, 5.41) is 0. The third kappa shape index (κ3) is 4.71. The SMILES string of the molecule is COCCCOc1cc(I)ccc1C(F)(F)F. The normalized spacial score (nSPS) is 11.6. The van der Waals surface area contributed by atoms with E-state index in [0.717, 1.165) is 6.07 Å². The van der Waals surface area contributed by atoms with Gasteiger partial charge in [-0.15, -0.1) is 0 Å². The van der Waals surface area contributed by atoms with Gasteiger partial charge in [0.1, 0.15) is 5.75 Å². The summed E-state index contributed by atoms with van der Waals surface area (Å²) < 4.78 is 48.6. The lowest BCUT2D eigenvalue weighted by molar-refractivity contribution is -0.139. The first-order chi connectivity index (χ1) is 7.95. The minimum atomic E-state index is -4.39. The summed E-state index contributed by atoms with van der Waals surface area (Å²) in [6.45, 7) is 0.669. The summed E-state index contributed by atoms with van der Waals surface area (Å²) >= 11 is 1.95. The fourth-order valence-electron chi connectivity index (χ4n) is 1.24. The van der Waals surface area contributed by atoms with E-state index in [4.69, 9.17) is 9.47 Å². The molecule has 0 fully saturated rings. The lowest BCUT2D eigenvalue weighted by Gasteiger charge is -2.14. The van der Waals surface area contributed by atoms with Crippen LogP contribution in [0.2, 0.25) is 0 Å². The molecule has 0 aliphatic rings. The molecule has 0 amide bonds. The molecule has 0 aromatic heterocycles. The third-order valence-electron chi connectivity index (χ3n) is 2.00. The maximum atomic E-state index is 12.6. The summed E-state index contributed by atoms with van der Waals surface area (Å²) in [6.07, 6.45) is -3.83. The fourth-order valence-corrected chi connectivity index (χ4v) is 1.70. The van der Waals surface area contributed by atoms with Crippen molar-refractivity contribution in [3.05, 3.63) is 27.3 Å². The van der Waals surface area contributed by atoms with Crippen LogP contribution in [0.5, 0.6) is 5.75 Å². The maximum absolute atomic E-state index is 12.6. The summed E-state index contributed by atoms with van der Waals surface area (Å²) in [7, 11) is 1.53. The Morgan fingerprint density at radius 1 is 1.24 bits per heavy atom. The molecule has 0 saturated heterocycles. The van der Waals surface area contributed by atoms with Gasteiger partial charge in [-0.1, -0.05) is 0 Å². The molecule has 0 spiro atoms. The highest BCUT2D eigenvalue weighted by Gasteiger charge is 2.34. The number of rotatable bonds is 5. The quantitative estimate of drug-likeness (QED) is 0.589. The zero-order chi connectivity index (χ0) is 12.9. The maximum Gasteiger partial charge on any atom is 0.419 e. The van der Waals surface area contributed by atoms with Crippen LogP contribution in [0.15, 0.2) is 18.2 Å². The molecule has 0 aliphatic carbocycles. The zero-order valence-corrected chi connectivity index (χ0v) is 11.3. The minimum Gasteiger partial charge on any atom is -0.493 e. The van der Waals surface area contributed by atoms with Crippen LogP contribution in [0, 0.1) is 3.57 Å². The minimum absolute atomic E-state index is 0.125. The smallest absolute Gasteiger partial charge is 0.419 e. The summed E-state index contributed by atoms with van der Waals surface area (Å²) in [5.74, 6) is -0.125. The van der Waals surface area contributed by atoms with E-state index in [1.54, 1.807) is 0 Å². The van der Waals surface area contributed by atoms with Crippen molar-refractivity contribution < 1.29 is 22.6 Å². The average Bonchev–Trinajstić information content (AvgIpc) is 2.23. The van der Waals surface area contributed by atoms with Gasteiger partial charge in [0, 0.05) is 23.7 Å². The van der Waals surface area contributed by atoms with Crippen LogP contribution in [0.25, 0.3) is 0 Å². The Morgan fingerprint density at radius 2 is 1.94 bits per heavy atom. The van der Waals surface area contributed by atoms with E-state index in [9.17, 15) is 13.2 Å². The highest BCUT2D eigenvalue weighted by Crippen LogP contribution is 2.36. The predicted octanol–water partition coefficient (Wildman–Crippen LogP) is 3.73. The molecule has 0 saturated carbocycles. The Bertz CT molecular complexity index is 366. The van der Waals surface area contributed by atoms with Crippen LogP contribution < -0.4 is 4.74 Å². The van der Waals surface area contributed by atoms with Gasteiger partial charge >= 0.3 is 6.18 Å². The van der Waals surface area contributed by atoms with Gasteiger partial charge in [-0.05, 0) is 40.8 Å². The van der Waals surface area contributed by atoms with Gasteiger partial charge in [-0.25, -0.2) is 0 Å². The molecule has 6 heteroatoms. The Balaban J connectivity index is 2.77. The lowest BCUT2D eigenvalue weighted by atomic mass is 10.2. The molecule has 0 radical (unpaired) electrons. The second-order valence-electron chi connectivity index (χ2n) is 3.33. The number of alkyl halides is 3. The van der Waals surface area contributed by atoms with E-state index in [0.29, 0.717) is 16.6 Å². The Labute approximate surface area is 111 Å². The number of halogens is 4. The average molecular weight is 360 g/mol. The van der Waals surface area contributed by atoms with Crippen LogP contribution in [0.1, 0.15) is 12.0 Å². The van der Waals surface area contributed by atoms with Crippen molar-refractivity contribution in [2.75, 3.05) is 20.3 Å². The first kappa shape index (κ1) is 14.6. The van der Waals surface area contributed by atoms with Gasteiger partial charge < -0.3 is 9.47 Å². The fraction of sp³-hybridized carbons (Fsp3) is 0.455. The second kappa shape index (κ2) is 6.44. The van der Waals surface area contributed by atoms with Crippen molar-refractivity contribution in [2.24, 2.45) is 0 Å². The van der Waals surface area contributed by atoms with Gasteiger partial charge in [0.2, 0.25) is 0 Å². The van der Waals surface area contributed by atoms with Crippen LogP contribution in [-0.2, 0) is 10.9 Å². The van der Waals surface area contributed by atoms with Crippen molar-refractivity contribution in [1.29, 1.82) is 0 Å². The molecule has 96 valence electrons. The molecule has 17 heavy (non-hydrogen) atoms. The van der Waals surface area contributed by atoms with Crippen LogP contribution in [0.4, 0.5) is 13.2 Å².